The molecule has 2 aliphatic rings. The zero-order valence-corrected chi connectivity index (χ0v) is 19.4. The first-order valence-electron chi connectivity index (χ1n) is 10.2. The first-order valence-corrected chi connectivity index (χ1v) is 10.9. The monoisotopic (exact) mass is 482 g/mol. The first kappa shape index (κ1) is 22.8. The Kier molecular flexibility index (Phi) is 5.69. The van der Waals surface area contributed by atoms with Crippen molar-refractivity contribution in [2.75, 3.05) is 4.90 Å². The van der Waals surface area contributed by atoms with Crippen molar-refractivity contribution in [3.8, 4) is 6.07 Å². The van der Waals surface area contributed by atoms with Gasteiger partial charge in [0.25, 0.3) is 5.69 Å². The molecule has 0 fully saturated rings. The number of carbonyl (C=O) groups excluding carboxylic acids is 1. The van der Waals surface area contributed by atoms with Gasteiger partial charge in [0, 0.05) is 39.9 Å². The van der Waals surface area contributed by atoms with E-state index in [2.05, 4.69) is 6.07 Å². The van der Waals surface area contributed by atoms with Crippen LogP contribution in [0.3, 0.4) is 0 Å². The van der Waals surface area contributed by atoms with Crippen LogP contribution < -0.4 is 10.6 Å². The molecule has 0 saturated heterocycles. The molecule has 2 aromatic carbocycles. The van der Waals surface area contributed by atoms with E-state index < -0.39 is 10.8 Å². The van der Waals surface area contributed by atoms with Crippen molar-refractivity contribution in [1.29, 1.82) is 5.26 Å². The number of hydrogen-bond donors (Lipinski definition) is 1. The van der Waals surface area contributed by atoms with E-state index in [1.807, 2.05) is 13.8 Å². The molecule has 0 aromatic heterocycles. The molecule has 4 rings (SSSR count). The topological polar surface area (TPSA) is 113 Å². The Bertz CT molecular complexity index is 1310. The molecule has 1 heterocycles. The molecular formula is C24H20Cl2N4O3. The van der Waals surface area contributed by atoms with E-state index in [9.17, 15) is 20.2 Å². The normalized spacial score (nSPS) is 19.9. The lowest BCUT2D eigenvalue weighted by atomic mass is 9.68. The van der Waals surface area contributed by atoms with Gasteiger partial charge >= 0.3 is 0 Å². The van der Waals surface area contributed by atoms with Gasteiger partial charge < -0.3 is 5.73 Å². The molecule has 1 aliphatic carbocycles. The summed E-state index contributed by atoms with van der Waals surface area (Å²) in [5.74, 6) is -0.764. The van der Waals surface area contributed by atoms with E-state index in [1.165, 1.54) is 12.1 Å². The number of nitrogens with two attached hydrogens (primary N) is 1. The number of ketones is 1. The average Bonchev–Trinajstić information content (AvgIpc) is 2.72. The maximum Gasteiger partial charge on any atom is 0.271 e. The Balaban J connectivity index is 2.02. The molecule has 33 heavy (non-hydrogen) atoms. The fraction of sp³-hybridized carbons (Fsp3) is 0.250. The van der Waals surface area contributed by atoms with Crippen LogP contribution in [0, 0.1) is 26.9 Å². The van der Waals surface area contributed by atoms with Crippen LogP contribution in [0.5, 0.6) is 0 Å². The van der Waals surface area contributed by atoms with Gasteiger partial charge in [-0.05, 0) is 35.6 Å². The number of nitro groups is 1. The Morgan fingerprint density at radius 2 is 1.94 bits per heavy atom. The highest BCUT2D eigenvalue weighted by Crippen LogP contribution is 2.51. The lowest BCUT2D eigenvalue weighted by Gasteiger charge is -2.43. The third-order valence-electron chi connectivity index (χ3n) is 5.95. The van der Waals surface area contributed by atoms with Gasteiger partial charge in [0.1, 0.15) is 5.82 Å². The molecule has 7 nitrogen and oxygen atoms in total. The number of nitrogens with zero attached hydrogens (tertiary/aromatic N) is 3. The van der Waals surface area contributed by atoms with Crippen molar-refractivity contribution in [1.82, 2.24) is 0 Å². The zero-order valence-electron chi connectivity index (χ0n) is 17.9. The van der Waals surface area contributed by atoms with Crippen molar-refractivity contribution in [2.24, 2.45) is 11.1 Å². The number of hydrogen-bond acceptors (Lipinski definition) is 6. The van der Waals surface area contributed by atoms with Crippen molar-refractivity contribution in [2.45, 2.75) is 32.6 Å². The highest BCUT2D eigenvalue weighted by atomic mass is 35.5. The quantitative estimate of drug-likeness (QED) is 0.433. The molecule has 2 aromatic rings. The number of nitro benzene ring substituents is 1. The number of benzene rings is 2. The first-order chi connectivity index (χ1) is 15.5. The minimum Gasteiger partial charge on any atom is -0.384 e. The lowest BCUT2D eigenvalue weighted by Crippen LogP contribution is -2.42. The van der Waals surface area contributed by atoms with Crippen LogP contribution in [0.25, 0.3) is 0 Å². The third-order valence-corrected chi connectivity index (χ3v) is 6.52. The number of allylic oxidation sites excluding steroid dienone is 3. The van der Waals surface area contributed by atoms with Gasteiger partial charge in [0.05, 0.1) is 28.2 Å². The molecule has 0 bridgehead atoms. The largest absolute Gasteiger partial charge is 0.384 e. The van der Waals surface area contributed by atoms with Gasteiger partial charge in [-0.15, -0.1) is 0 Å². The fourth-order valence-corrected chi connectivity index (χ4v) is 5.11. The maximum absolute atomic E-state index is 13.5. The summed E-state index contributed by atoms with van der Waals surface area (Å²) in [5.41, 5.74) is 8.21. The van der Waals surface area contributed by atoms with Crippen LogP contribution in [0.4, 0.5) is 11.4 Å². The standard InChI is InChI=1S/C24H20Cl2N4O3/c1-24(2)10-19-22(20(31)11-24)21(16-7-6-13(25)8-18(16)26)17(12-27)23(28)29(19)14-4-3-5-15(9-14)30(32)33/h3-9,21H,10-11,28H2,1-2H3/t21-/m0/s1. The number of halogens is 2. The van der Waals surface area contributed by atoms with E-state index in [-0.39, 0.29) is 34.7 Å². The molecule has 0 amide bonds. The van der Waals surface area contributed by atoms with Crippen molar-refractivity contribution >= 4 is 40.4 Å². The summed E-state index contributed by atoms with van der Waals surface area (Å²) in [6.45, 7) is 3.95. The molecule has 1 aliphatic heterocycles. The highest BCUT2D eigenvalue weighted by molar-refractivity contribution is 6.35. The number of Topliss-reactive ketones (excluding diaryl/α,β-unsaturated/α-hetero) is 1. The molecule has 0 unspecified atom stereocenters. The molecule has 0 radical (unpaired) electrons. The number of anilines is 1. The summed E-state index contributed by atoms with van der Waals surface area (Å²) >= 11 is 12.6. The summed E-state index contributed by atoms with van der Waals surface area (Å²) in [7, 11) is 0. The Morgan fingerprint density at radius 1 is 1.21 bits per heavy atom. The molecule has 2 N–H and O–H groups in total. The number of nitriles is 1. The van der Waals surface area contributed by atoms with Crippen LogP contribution in [0.2, 0.25) is 10.0 Å². The van der Waals surface area contributed by atoms with Crippen LogP contribution >= 0.6 is 23.2 Å². The molecule has 0 saturated carbocycles. The van der Waals surface area contributed by atoms with E-state index in [0.717, 1.165) is 0 Å². The van der Waals surface area contributed by atoms with Gasteiger partial charge in [0.2, 0.25) is 0 Å². The van der Waals surface area contributed by atoms with Gasteiger partial charge in [0.15, 0.2) is 5.78 Å². The SMILES string of the molecule is CC1(C)CC(=O)C2=C(C1)N(c1cccc([N+](=O)[O-])c1)C(N)=C(C#N)[C@@H]2c1ccc(Cl)cc1Cl. The van der Waals surface area contributed by atoms with E-state index in [4.69, 9.17) is 28.9 Å². The smallest absolute Gasteiger partial charge is 0.271 e. The van der Waals surface area contributed by atoms with E-state index >= 15 is 0 Å². The summed E-state index contributed by atoms with van der Waals surface area (Å²) in [6.07, 6.45) is 0.771. The Hall–Kier alpha value is -3.34. The van der Waals surface area contributed by atoms with Crippen LogP contribution in [0.15, 0.2) is 65.1 Å². The summed E-state index contributed by atoms with van der Waals surface area (Å²) in [4.78, 5) is 26.0. The second-order valence-electron chi connectivity index (χ2n) is 8.92. The van der Waals surface area contributed by atoms with Crippen molar-refractivity contribution in [3.05, 3.63) is 90.9 Å². The minimum absolute atomic E-state index is 0.110. The zero-order chi connectivity index (χ0) is 24.1. The molecular weight excluding hydrogens is 463 g/mol. The fourth-order valence-electron chi connectivity index (χ4n) is 4.60. The lowest BCUT2D eigenvalue weighted by molar-refractivity contribution is -0.384. The molecule has 168 valence electrons. The Labute approximate surface area is 200 Å². The van der Waals surface area contributed by atoms with Gasteiger partial charge in [-0.1, -0.05) is 49.2 Å². The predicted octanol–water partition coefficient (Wildman–Crippen LogP) is 5.84. The van der Waals surface area contributed by atoms with E-state index in [0.29, 0.717) is 39.0 Å². The minimum atomic E-state index is -0.756. The highest BCUT2D eigenvalue weighted by Gasteiger charge is 2.45. The Morgan fingerprint density at radius 3 is 2.58 bits per heavy atom. The van der Waals surface area contributed by atoms with Crippen LogP contribution in [0.1, 0.15) is 38.2 Å². The van der Waals surface area contributed by atoms with Crippen molar-refractivity contribution < 1.29 is 9.72 Å². The van der Waals surface area contributed by atoms with Gasteiger partial charge in [-0.3, -0.25) is 19.8 Å². The molecule has 1 atom stereocenters. The second kappa shape index (κ2) is 8.22. The van der Waals surface area contributed by atoms with Crippen LogP contribution in [-0.4, -0.2) is 10.7 Å². The number of rotatable bonds is 3. The predicted molar refractivity (Wildman–Crippen MR) is 127 cm³/mol. The maximum atomic E-state index is 13.5. The van der Waals surface area contributed by atoms with Gasteiger partial charge in [-0.25, -0.2) is 0 Å². The second-order valence-corrected chi connectivity index (χ2v) is 9.77. The molecule has 9 heteroatoms. The van der Waals surface area contributed by atoms with Crippen LogP contribution in [-0.2, 0) is 4.79 Å². The summed E-state index contributed by atoms with van der Waals surface area (Å²) in [5, 5.41) is 22.2. The summed E-state index contributed by atoms with van der Waals surface area (Å²) < 4.78 is 0. The third kappa shape index (κ3) is 3.97. The van der Waals surface area contributed by atoms with E-state index in [1.54, 1.807) is 35.2 Å². The van der Waals surface area contributed by atoms with Gasteiger partial charge in [-0.2, -0.15) is 5.26 Å². The average molecular weight is 483 g/mol. The van der Waals surface area contributed by atoms with Crippen molar-refractivity contribution in [3.63, 3.8) is 0 Å². The number of non-ortho nitro benzene ring substituents is 1. The molecule has 0 spiro atoms. The summed E-state index contributed by atoms with van der Waals surface area (Å²) in [6, 6.07) is 13.0. The number of carbonyl (C=O) groups is 1.